The molecule has 1 amide bonds. The van der Waals surface area contributed by atoms with Crippen LogP contribution in [0.2, 0.25) is 0 Å². The van der Waals surface area contributed by atoms with Gasteiger partial charge in [0.2, 0.25) is 0 Å². The van der Waals surface area contributed by atoms with Gasteiger partial charge in [0.15, 0.2) is 0 Å². The molecule has 0 aromatic rings. The first-order valence-electron chi connectivity index (χ1n) is 4.56. The maximum atomic E-state index is 10.7. The van der Waals surface area contributed by atoms with Crippen LogP contribution in [-0.4, -0.2) is 39.9 Å². The Balaban J connectivity index is 2.73. The third-order valence-corrected chi connectivity index (χ3v) is 3.25. The number of aliphatic hydroxyl groups is 1. The predicted octanol–water partition coefficient (Wildman–Crippen LogP) is 1.00. The first-order valence-corrected chi connectivity index (χ1v) is 4.56. The van der Waals surface area contributed by atoms with Crippen molar-refractivity contribution in [1.82, 2.24) is 4.90 Å². The second-order valence-electron chi connectivity index (χ2n) is 4.22. The molecule has 0 aliphatic carbocycles. The average molecular weight is 187 g/mol. The Morgan fingerprint density at radius 1 is 1.38 bits per heavy atom. The second-order valence-corrected chi connectivity index (χ2v) is 4.22. The number of carbonyl (C=O) groups is 1. The molecular formula is C9H17NO3. The minimum Gasteiger partial charge on any atom is -0.465 e. The topological polar surface area (TPSA) is 60.8 Å². The fourth-order valence-electron chi connectivity index (χ4n) is 1.75. The van der Waals surface area contributed by atoms with Gasteiger partial charge in [0.25, 0.3) is 0 Å². The van der Waals surface area contributed by atoms with Gasteiger partial charge >= 0.3 is 6.09 Å². The third kappa shape index (κ3) is 1.77. The van der Waals surface area contributed by atoms with Crippen LogP contribution in [0.1, 0.15) is 20.8 Å². The minimum absolute atomic E-state index is 0.00708. The maximum Gasteiger partial charge on any atom is 0.407 e. The molecule has 76 valence electrons. The van der Waals surface area contributed by atoms with Crippen LogP contribution in [0, 0.1) is 11.8 Å². The van der Waals surface area contributed by atoms with Crippen LogP contribution in [0.3, 0.4) is 0 Å². The number of hydrogen-bond acceptors (Lipinski definition) is 2. The predicted molar refractivity (Wildman–Crippen MR) is 48.5 cm³/mol. The van der Waals surface area contributed by atoms with E-state index in [1.54, 1.807) is 6.92 Å². The van der Waals surface area contributed by atoms with Crippen molar-refractivity contribution in [1.29, 1.82) is 0 Å². The fourth-order valence-corrected chi connectivity index (χ4v) is 1.75. The van der Waals surface area contributed by atoms with Crippen molar-refractivity contribution in [2.24, 2.45) is 11.8 Å². The lowest BCUT2D eigenvalue weighted by atomic mass is 9.77. The molecule has 2 atom stereocenters. The van der Waals surface area contributed by atoms with Gasteiger partial charge in [-0.25, -0.2) is 4.79 Å². The highest BCUT2D eigenvalue weighted by molar-refractivity contribution is 5.65. The third-order valence-electron chi connectivity index (χ3n) is 3.25. The normalized spacial score (nSPS) is 40.5. The van der Waals surface area contributed by atoms with Gasteiger partial charge < -0.3 is 15.1 Å². The zero-order valence-electron chi connectivity index (χ0n) is 8.32. The molecule has 1 fully saturated rings. The summed E-state index contributed by atoms with van der Waals surface area (Å²) in [5.41, 5.74) is -0.744. The Morgan fingerprint density at radius 2 is 1.77 bits per heavy atom. The zero-order valence-corrected chi connectivity index (χ0v) is 8.32. The smallest absolute Gasteiger partial charge is 0.407 e. The summed E-state index contributed by atoms with van der Waals surface area (Å²) in [5, 5.41) is 18.8. The van der Waals surface area contributed by atoms with Crippen molar-refractivity contribution in [3.63, 3.8) is 0 Å². The molecular weight excluding hydrogens is 170 g/mol. The highest BCUT2D eigenvalue weighted by Gasteiger charge is 2.41. The number of amides is 1. The molecule has 0 aromatic carbocycles. The highest BCUT2D eigenvalue weighted by atomic mass is 16.4. The maximum absolute atomic E-state index is 10.7. The summed E-state index contributed by atoms with van der Waals surface area (Å²) < 4.78 is 0. The summed E-state index contributed by atoms with van der Waals surface area (Å²) in [5.74, 6) is -0.0142. The number of rotatable bonds is 0. The molecule has 13 heavy (non-hydrogen) atoms. The largest absolute Gasteiger partial charge is 0.465 e. The van der Waals surface area contributed by atoms with Gasteiger partial charge in [-0.2, -0.15) is 0 Å². The Morgan fingerprint density at radius 3 is 2.08 bits per heavy atom. The molecule has 0 radical (unpaired) electrons. The molecule has 1 saturated heterocycles. The molecule has 2 unspecified atom stereocenters. The Bertz CT molecular complexity index is 201. The van der Waals surface area contributed by atoms with Gasteiger partial charge in [-0.15, -0.1) is 0 Å². The molecule has 1 heterocycles. The van der Waals surface area contributed by atoms with Crippen LogP contribution in [0.25, 0.3) is 0 Å². The number of likely N-dealkylation sites (tertiary alicyclic amines) is 1. The van der Waals surface area contributed by atoms with Crippen LogP contribution in [-0.2, 0) is 0 Å². The van der Waals surface area contributed by atoms with E-state index in [1.165, 1.54) is 4.90 Å². The molecule has 0 saturated carbocycles. The van der Waals surface area contributed by atoms with Crippen LogP contribution in [0.5, 0.6) is 0 Å². The van der Waals surface area contributed by atoms with Gasteiger partial charge in [0, 0.05) is 24.9 Å². The molecule has 0 spiro atoms. The van der Waals surface area contributed by atoms with Crippen LogP contribution < -0.4 is 0 Å². The first kappa shape index (κ1) is 10.3. The van der Waals surface area contributed by atoms with Gasteiger partial charge in [-0.05, 0) is 6.92 Å². The van der Waals surface area contributed by atoms with E-state index in [4.69, 9.17) is 5.11 Å². The van der Waals surface area contributed by atoms with E-state index in [2.05, 4.69) is 0 Å². The average Bonchev–Trinajstić information content (AvgIpc) is 2.00. The number of piperidine rings is 1. The van der Waals surface area contributed by atoms with Crippen molar-refractivity contribution in [2.75, 3.05) is 13.1 Å². The van der Waals surface area contributed by atoms with Crippen molar-refractivity contribution in [3.05, 3.63) is 0 Å². The molecule has 0 bridgehead atoms. The first-order chi connectivity index (χ1) is 5.85. The quantitative estimate of drug-likeness (QED) is 0.594. The van der Waals surface area contributed by atoms with E-state index in [1.807, 2.05) is 13.8 Å². The summed E-state index contributed by atoms with van der Waals surface area (Å²) in [4.78, 5) is 12.1. The van der Waals surface area contributed by atoms with E-state index < -0.39 is 11.7 Å². The summed E-state index contributed by atoms with van der Waals surface area (Å²) in [6.07, 6.45) is -0.894. The fraction of sp³-hybridized carbons (Fsp3) is 0.889. The van der Waals surface area contributed by atoms with Gasteiger partial charge in [-0.1, -0.05) is 13.8 Å². The lowest BCUT2D eigenvalue weighted by Crippen LogP contribution is -2.55. The Labute approximate surface area is 78.2 Å². The SMILES string of the molecule is CC1CN(C(=O)O)CC(C)C1(C)O. The van der Waals surface area contributed by atoms with E-state index >= 15 is 0 Å². The summed E-state index contributed by atoms with van der Waals surface area (Å²) >= 11 is 0. The molecule has 1 aliphatic rings. The summed E-state index contributed by atoms with van der Waals surface area (Å²) in [6, 6.07) is 0. The van der Waals surface area contributed by atoms with Crippen LogP contribution in [0.4, 0.5) is 4.79 Å². The molecule has 1 rings (SSSR count). The number of nitrogens with zero attached hydrogens (tertiary/aromatic N) is 1. The molecule has 1 aliphatic heterocycles. The molecule has 4 heteroatoms. The van der Waals surface area contributed by atoms with Crippen LogP contribution in [0.15, 0.2) is 0 Å². The van der Waals surface area contributed by atoms with Gasteiger partial charge in [0.05, 0.1) is 5.60 Å². The minimum atomic E-state index is -0.894. The lowest BCUT2D eigenvalue weighted by molar-refractivity contribution is -0.0852. The van der Waals surface area contributed by atoms with E-state index in [9.17, 15) is 9.90 Å². The number of hydrogen-bond donors (Lipinski definition) is 2. The van der Waals surface area contributed by atoms with E-state index in [0.717, 1.165) is 0 Å². The highest BCUT2D eigenvalue weighted by Crippen LogP contribution is 2.31. The van der Waals surface area contributed by atoms with E-state index in [-0.39, 0.29) is 11.8 Å². The summed E-state index contributed by atoms with van der Waals surface area (Å²) in [7, 11) is 0. The molecule has 2 N–H and O–H groups in total. The monoisotopic (exact) mass is 187 g/mol. The Hall–Kier alpha value is -0.770. The Kier molecular flexibility index (Phi) is 2.52. The van der Waals surface area contributed by atoms with Crippen molar-refractivity contribution in [2.45, 2.75) is 26.4 Å². The summed E-state index contributed by atoms with van der Waals surface area (Å²) in [6.45, 7) is 6.39. The molecule has 0 aromatic heterocycles. The van der Waals surface area contributed by atoms with Gasteiger partial charge in [0.1, 0.15) is 0 Å². The van der Waals surface area contributed by atoms with Crippen molar-refractivity contribution >= 4 is 6.09 Å². The second kappa shape index (κ2) is 3.18. The number of carboxylic acid groups (broad SMARTS) is 1. The van der Waals surface area contributed by atoms with E-state index in [0.29, 0.717) is 13.1 Å². The van der Waals surface area contributed by atoms with Crippen molar-refractivity contribution in [3.8, 4) is 0 Å². The van der Waals surface area contributed by atoms with Crippen molar-refractivity contribution < 1.29 is 15.0 Å². The molecule has 4 nitrogen and oxygen atoms in total. The lowest BCUT2D eigenvalue weighted by Gasteiger charge is -2.44. The zero-order chi connectivity index (χ0) is 10.2. The standard InChI is InChI=1S/C9H17NO3/c1-6-4-10(8(11)12)5-7(2)9(6,3)13/h6-7,13H,4-5H2,1-3H3,(H,11,12). The van der Waals surface area contributed by atoms with Crippen LogP contribution >= 0.6 is 0 Å². The van der Waals surface area contributed by atoms with Gasteiger partial charge in [-0.3, -0.25) is 0 Å².